The zero-order chi connectivity index (χ0) is 12.1. The molecular formula is C13H26ClN3O. The fraction of sp³-hybridized carbons (Fsp3) is 0.923. The number of hydrogen-bond donors (Lipinski definition) is 2. The Balaban J connectivity index is 0.00000162. The molecule has 4 nitrogen and oxygen atoms in total. The van der Waals surface area contributed by atoms with Gasteiger partial charge < -0.3 is 10.6 Å². The van der Waals surface area contributed by atoms with Gasteiger partial charge in [0.25, 0.3) is 0 Å². The lowest BCUT2D eigenvalue weighted by Crippen LogP contribution is -2.45. The molecule has 1 atom stereocenters. The van der Waals surface area contributed by atoms with E-state index < -0.39 is 0 Å². The van der Waals surface area contributed by atoms with E-state index in [2.05, 4.69) is 15.5 Å². The lowest BCUT2D eigenvalue weighted by Gasteiger charge is -2.24. The summed E-state index contributed by atoms with van der Waals surface area (Å²) in [6, 6.07) is 1.00. The van der Waals surface area contributed by atoms with E-state index in [9.17, 15) is 4.79 Å². The second-order valence-corrected chi connectivity index (χ2v) is 5.37. The third-order valence-corrected chi connectivity index (χ3v) is 4.01. The minimum Gasteiger partial charge on any atom is -0.352 e. The van der Waals surface area contributed by atoms with E-state index in [1.54, 1.807) is 0 Å². The molecule has 5 heteroatoms. The first kappa shape index (κ1) is 15.7. The van der Waals surface area contributed by atoms with Gasteiger partial charge in [0.2, 0.25) is 5.91 Å². The van der Waals surface area contributed by atoms with Gasteiger partial charge >= 0.3 is 0 Å². The number of likely N-dealkylation sites (N-methyl/N-ethyl adjacent to an activating group) is 1. The Morgan fingerprint density at radius 1 is 1.22 bits per heavy atom. The van der Waals surface area contributed by atoms with Crippen LogP contribution in [0.15, 0.2) is 0 Å². The maximum atomic E-state index is 11.9. The molecule has 1 amide bonds. The highest BCUT2D eigenvalue weighted by atomic mass is 35.5. The van der Waals surface area contributed by atoms with Crippen LogP contribution in [0.1, 0.15) is 38.5 Å². The topological polar surface area (TPSA) is 44.4 Å². The van der Waals surface area contributed by atoms with Crippen LogP contribution in [0.5, 0.6) is 0 Å². The minimum absolute atomic E-state index is 0. The van der Waals surface area contributed by atoms with Crippen LogP contribution in [-0.4, -0.2) is 49.6 Å². The zero-order valence-electron chi connectivity index (χ0n) is 11.3. The van der Waals surface area contributed by atoms with E-state index in [0.29, 0.717) is 18.6 Å². The molecule has 18 heavy (non-hydrogen) atoms. The third-order valence-electron chi connectivity index (χ3n) is 4.01. The normalized spacial score (nSPS) is 25.1. The summed E-state index contributed by atoms with van der Waals surface area (Å²) >= 11 is 0. The second kappa shape index (κ2) is 7.97. The molecule has 0 aromatic rings. The molecule has 2 rings (SSSR count). The van der Waals surface area contributed by atoms with Gasteiger partial charge in [0.1, 0.15) is 0 Å². The molecule has 2 aliphatic rings. The summed E-state index contributed by atoms with van der Waals surface area (Å²) in [5.41, 5.74) is 0. The van der Waals surface area contributed by atoms with Crippen LogP contribution in [0.3, 0.4) is 0 Å². The lowest BCUT2D eigenvalue weighted by atomic mass is 10.2. The number of hydrogen-bond acceptors (Lipinski definition) is 3. The van der Waals surface area contributed by atoms with Gasteiger partial charge in [-0.2, -0.15) is 0 Å². The van der Waals surface area contributed by atoms with E-state index in [0.717, 1.165) is 13.1 Å². The van der Waals surface area contributed by atoms with Crippen LogP contribution in [0.2, 0.25) is 0 Å². The monoisotopic (exact) mass is 275 g/mol. The number of nitrogens with one attached hydrogen (secondary N) is 2. The number of nitrogens with zero attached hydrogens (tertiary/aromatic N) is 1. The molecule has 0 aromatic carbocycles. The van der Waals surface area contributed by atoms with Crippen LogP contribution >= 0.6 is 12.4 Å². The highest BCUT2D eigenvalue weighted by Gasteiger charge is 2.26. The van der Waals surface area contributed by atoms with Gasteiger partial charge in [0.15, 0.2) is 0 Å². The van der Waals surface area contributed by atoms with Crippen LogP contribution in [0, 0.1) is 0 Å². The number of likely N-dealkylation sites (tertiary alicyclic amines) is 1. The van der Waals surface area contributed by atoms with E-state index >= 15 is 0 Å². The molecule has 0 aromatic heterocycles. The minimum atomic E-state index is 0. The second-order valence-electron chi connectivity index (χ2n) is 5.37. The number of carbonyl (C=O) groups is 1. The SMILES string of the molecule is CNCC1CCCN1CC(=O)NC1CCCC1.Cl. The van der Waals surface area contributed by atoms with Gasteiger partial charge in [-0.25, -0.2) is 0 Å². The fourth-order valence-electron chi connectivity index (χ4n) is 3.10. The van der Waals surface area contributed by atoms with Gasteiger partial charge in [-0.05, 0) is 39.3 Å². The smallest absolute Gasteiger partial charge is 0.234 e. The molecule has 1 heterocycles. The zero-order valence-corrected chi connectivity index (χ0v) is 12.1. The first-order valence-corrected chi connectivity index (χ1v) is 6.97. The summed E-state index contributed by atoms with van der Waals surface area (Å²) in [5, 5.41) is 6.38. The Labute approximate surface area is 116 Å². The Hall–Kier alpha value is -0.320. The molecule has 0 bridgehead atoms. The Bertz CT molecular complexity index is 257. The van der Waals surface area contributed by atoms with E-state index in [1.807, 2.05) is 7.05 Å². The maximum absolute atomic E-state index is 11.9. The molecule has 1 unspecified atom stereocenters. The van der Waals surface area contributed by atoms with Crippen molar-refractivity contribution in [2.45, 2.75) is 50.6 Å². The van der Waals surface area contributed by atoms with Crippen molar-refractivity contribution in [1.82, 2.24) is 15.5 Å². The van der Waals surface area contributed by atoms with Crippen LogP contribution in [0.4, 0.5) is 0 Å². The summed E-state index contributed by atoms with van der Waals surface area (Å²) in [6.45, 7) is 2.66. The predicted octanol–water partition coefficient (Wildman–Crippen LogP) is 1.15. The largest absolute Gasteiger partial charge is 0.352 e. The van der Waals surface area contributed by atoms with Crippen molar-refractivity contribution in [3.63, 3.8) is 0 Å². The van der Waals surface area contributed by atoms with Crippen LogP contribution in [-0.2, 0) is 4.79 Å². The number of amides is 1. The average Bonchev–Trinajstić information content (AvgIpc) is 2.92. The van der Waals surface area contributed by atoms with Gasteiger partial charge in [-0.15, -0.1) is 12.4 Å². The highest BCUT2D eigenvalue weighted by molar-refractivity contribution is 5.85. The van der Waals surface area contributed by atoms with E-state index in [1.165, 1.54) is 38.5 Å². The first-order valence-electron chi connectivity index (χ1n) is 6.97. The van der Waals surface area contributed by atoms with Gasteiger partial charge in [-0.3, -0.25) is 9.69 Å². The Morgan fingerprint density at radius 2 is 1.94 bits per heavy atom. The molecule has 0 radical (unpaired) electrons. The third kappa shape index (κ3) is 4.41. The summed E-state index contributed by atoms with van der Waals surface area (Å²) < 4.78 is 0. The van der Waals surface area contributed by atoms with Crippen molar-refractivity contribution in [2.24, 2.45) is 0 Å². The van der Waals surface area contributed by atoms with E-state index in [4.69, 9.17) is 0 Å². The quantitative estimate of drug-likeness (QED) is 0.791. The van der Waals surface area contributed by atoms with Crippen molar-refractivity contribution in [3.05, 3.63) is 0 Å². The number of carbonyl (C=O) groups excluding carboxylic acids is 1. The van der Waals surface area contributed by atoms with Gasteiger partial charge in [0.05, 0.1) is 6.54 Å². The summed E-state index contributed by atoms with van der Waals surface area (Å²) in [6.07, 6.45) is 7.34. The predicted molar refractivity (Wildman–Crippen MR) is 76.2 cm³/mol. The summed E-state index contributed by atoms with van der Waals surface area (Å²) in [7, 11) is 1.98. The summed E-state index contributed by atoms with van der Waals surface area (Å²) in [4.78, 5) is 14.3. The molecule has 0 spiro atoms. The van der Waals surface area contributed by atoms with Crippen LogP contribution < -0.4 is 10.6 Å². The number of halogens is 1. The van der Waals surface area contributed by atoms with Crippen molar-refractivity contribution >= 4 is 18.3 Å². The molecule has 1 aliphatic carbocycles. The Morgan fingerprint density at radius 3 is 2.61 bits per heavy atom. The Kier molecular flexibility index (Phi) is 6.97. The number of rotatable bonds is 5. The fourth-order valence-corrected chi connectivity index (χ4v) is 3.10. The molecular weight excluding hydrogens is 250 g/mol. The molecule has 1 saturated heterocycles. The first-order chi connectivity index (χ1) is 8.29. The van der Waals surface area contributed by atoms with Crippen molar-refractivity contribution in [1.29, 1.82) is 0 Å². The van der Waals surface area contributed by atoms with Crippen LogP contribution in [0.25, 0.3) is 0 Å². The van der Waals surface area contributed by atoms with Gasteiger partial charge in [-0.1, -0.05) is 12.8 Å². The molecule has 2 N–H and O–H groups in total. The molecule has 2 fully saturated rings. The lowest BCUT2D eigenvalue weighted by molar-refractivity contribution is -0.123. The van der Waals surface area contributed by atoms with Gasteiger partial charge in [0, 0.05) is 18.6 Å². The highest BCUT2D eigenvalue weighted by Crippen LogP contribution is 2.18. The molecule has 1 aliphatic heterocycles. The van der Waals surface area contributed by atoms with E-state index in [-0.39, 0.29) is 18.3 Å². The molecule has 1 saturated carbocycles. The maximum Gasteiger partial charge on any atom is 0.234 e. The van der Waals surface area contributed by atoms with Crippen molar-refractivity contribution in [2.75, 3.05) is 26.7 Å². The average molecular weight is 276 g/mol. The summed E-state index contributed by atoms with van der Waals surface area (Å²) in [5.74, 6) is 0.222. The van der Waals surface area contributed by atoms with Crippen molar-refractivity contribution in [3.8, 4) is 0 Å². The van der Waals surface area contributed by atoms with Crippen molar-refractivity contribution < 1.29 is 4.79 Å². The molecule has 106 valence electrons. The standard InChI is InChI=1S/C13H25N3O.ClH/c1-14-9-12-7-4-8-16(12)10-13(17)15-11-5-2-3-6-11;/h11-12,14H,2-10H2,1H3,(H,15,17);1H.